The summed E-state index contributed by atoms with van der Waals surface area (Å²) < 4.78 is 0. The molecule has 0 spiro atoms. The van der Waals surface area contributed by atoms with Crippen LogP contribution in [-0.2, 0) is 4.79 Å². The van der Waals surface area contributed by atoms with Crippen molar-refractivity contribution in [3.05, 3.63) is 0 Å². The van der Waals surface area contributed by atoms with Crippen LogP contribution in [0, 0.1) is 0 Å². The van der Waals surface area contributed by atoms with Gasteiger partial charge in [0.25, 0.3) is 5.97 Å². The minimum absolute atomic E-state index is 0. The topological polar surface area (TPSA) is 77.8 Å². The molecule has 3 N–H and O–H groups in total. The van der Waals surface area contributed by atoms with Crippen molar-refractivity contribution in [2.75, 3.05) is 0 Å². The second-order valence-corrected chi connectivity index (χ2v) is 0.519. The third kappa shape index (κ3) is 313. The molecule has 0 rings (SSSR count). The molecule has 8 heavy (non-hydrogen) atoms. The molecule has 0 bridgehead atoms. The monoisotopic (exact) mass is 196 g/mol. The van der Waals surface area contributed by atoms with Crippen LogP contribution in [0.1, 0.15) is 6.92 Å². The summed E-state index contributed by atoms with van der Waals surface area (Å²) in [6, 6.07) is 0. The molecule has 4 nitrogen and oxygen atoms in total. The summed E-state index contributed by atoms with van der Waals surface area (Å²) in [5, 5.41) is 19.4. The molecule has 6 heteroatoms. The summed E-state index contributed by atoms with van der Waals surface area (Å²) in [4.78, 5) is 9.00. The SMILES string of the molecule is CC(=O)O.OO.[Br-].[Na+]. The fraction of sp³-hybridized carbons (Fsp3) is 0.500. The number of carboxylic acid groups (broad SMARTS) is 1. The van der Waals surface area contributed by atoms with E-state index in [2.05, 4.69) is 0 Å². The van der Waals surface area contributed by atoms with Gasteiger partial charge in [-0.1, -0.05) is 0 Å². The zero-order valence-corrected chi connectivity index (χ0v) is 8.21. The molecule has 0 saturated carbocycles. The summed E-state index contributed by atoms with van der Waals surface area (Å²) in [7, 11) is 0. The molecule has 0 heterocycles. The average Bonchev–Trinajstić information content (AvgIpc) is 1.41. The van der Waals surface area contributed by atoms with Crippen molar-refractivity contribution in [3.8, 4) is 0 Å². The molecule has 0 saturated heterocycles. The first-order valence-electron chi connectivity index (χ1n) is 1.13. The summed E-state index contributed by atoms with van der Waals surface area (Å²) in [6.07, 6.45) is 0. The maximum atomic E-state index is 9.00. The van der Waals surface area contributed by atoms with Crippen LogP contribution in [0.25, 0.3) is 0 Å². The molecule has 0 aromatic rings. The first kappa shape index (κ1) is 23.2. The predicted molar refractivity (Wildman–Crippen MR) is 18.6 cm³/mol. The molecule has 0 aliphatic rings. The number of rotatable bonds is 0. The van der Waals surface area contributed by atoms with Crippen LogP contribution in [0.3, 0.4) is 0 Å². The first-order valence-corrected chi connectivity index (χ1v) is 1.13. The van der Waals surface area contributed by atoms with Gasteiger partial charge in [-0.05, 0) is 0 Å². The van der Waals surface area contributed by atoms with E-state index in [-0.39, 0.29) is 46.5 Å². The summed E-state index contributed by atoms with van der Waals surface area (Å²) in [5.74, 6) is -0.833. The molecule has 0 aliphatic heterocycles. The summed E-state index contributed by atoms with van der Waals surface area (Å²) in [5.41, 5.74) is 0. The van der Waals surface area contributed by atoms with E-state index < -0.39 is 5.97 Å². The zero-order valence-electron chi connectivity index (χ0n) is 4.63. The summed E-state index contributed by atoms with van der Waals surface area (Å²) in [6.45, 7) is 1.08. The molecule has 46 valence electrons. The third-order valence-corrected chi connectivity index (χ3v) is 0. The Hall–Kier alpha value is 0.870. The number of hydrogen-bond donors (Lipinski definition) is 3. The van der Waals surface area contributed by atoms with Crippen LogP contribution >= 0.6 is 0 Å². The number of aliphatic carboxylic acids is 1. The fourth-order valence-corrected chi connectivity index (χ4v) is 0. The van der Waals surface area contributed by atoms with Crippen LogP contribution in [0.15, 0.2) is 0 Å². The van der Waals surface area contributed by atoms with E-state index in [9.17, 15) is 0 Å². The number of halogens is 1. The molecule has 0 aromatic heterocycles. The van der Waals surface area contributed by atoms with E-state index in [0.29, 0.717) is 0 Å². The Kier molecular flexibility index (Phi) is 71.8. The van der Waals surface area contributed by atoms with Crippen molar-refractivity contribution in [3.63, 3.8) is 0 Å². The molecular formula is C2H6BrNaO4. The van der Waals surface area contributed by atoms with Crippen molar-refractivity contribution in [2.24, 2.45) is 0 Å². The van der Waals surface area contributed by atoms with Crippen LogP contribution in [-0.4, -0.2) is 21.6 Å². The van der Waals surface area contributed by atoms with Crippen molar-refractivity contribution < 1.29 is 67.0 Å². The Morgan fingerprint density at radius 1 is 1.38 bits per heavy atom. The van der Waals surface area contributed by atoms with Crippen molar-refractivity contribution in [2.45, 2.75) is 6.92 Å². The van der Waals surface area contributed by atoms with Crippen LogP contribution in [0.2, 0.25) is 0 Å². The zero-order chi connectivity index (χ0) is 5.58. The smallest absolute Gasteiger partial charge is 1.00 e. The molecule has 0 fully saturated rings. The minimum Gasteiger partial charge on any atom is -1.00 e. The van der Waals surface area contributed by atoms with Crippen molar-refractivity contribution in [1.82, 2.24) is 0 Å². The second kappa shape index (κ2) is 24.8. The first-order chi connectivity index (χ1) is 2.73. The molecule has 0 atom stereocenters. The average molecular weight is 197 g/mol. The minimum atomic E-state index is -0.833. The Morgan fingerprint density at radius 2 is 1.38 bits per heavy atom. The molecule has 0 amide bonds. The van der Waals surface area contributed by atoms with Gasteiger partial charge in [-0.15, -0.1) is 0 Å². The van der Waals surface area contributed by atoms with Gasteiger partial charge in [-0.3, -0.25) is 15.3 Å². The van der Waals surface area contributed by atoms with Crippen molar-refractivity contribution in [1.29, 1.82) is 0 Å². The van der Waals surface area contributed by atoms with Gasteiger partial charge in [0.15, 0.2) is 0 Å². The molecule has 0 aromatic carbocycles. The van der Waals surface area contributed by atoms with Crippen LogP contribution < -0.4 is 46.5 Å². The Bertz CT molecular complexity index is 37.0. The maximum absolute atomic E-state index is 9.00. The van der Waals surface area contributed by atoms with Crippen LogP contribution in [0.4, 0.5) is 0 Å². The normalized spacial score (nSPS) is 3.88. The molecule has 0 radical (unpaired) electrons. The van der Waals surface area contributed by atoms with Gasteiger partial charge in [0.2, 0.25) is 0 Å². The van der Waals surface area contributed by atoms with Gasteiger partial charge >= 0.3 is 29.6 Å². The van der Waals surface area contributed by atoms with Crippen LogP contribution in [0.5, 0.6) is 0 Å². The molecule has 0 unspecified atom stereocenters. The fourth-order valence-electron chi connectivity index (χ4n) is 0. The van der Waals surface area contributed by atoms with Gasteiger partial charge in [-0.25, -0.2) is 0 Å². The van der Waals surface area contributed by atoms with Crippen molar-refractivity contribution >= 4 is 5.97 Å². The third-order valence-electron chi connectivity index (χ3n) is 0. The Labute approximate surface area is 79.5 Å². The Balaban J connectivity index is -0.0000000183. The predicted octanol–water partition coefficient (Wildman–Crippen LogP) is -5.88. The second-order valence-electron chi connectivity index (χ2n) is 0.519. The van der Waals surface area contributed by atoms with Gasteiger partial charge in [-0.2, -0.15) is 0 Å². The maximum Gasteiger partial charge on any atom is 1.00 e. The number of hydrogen-bond acceptors (Lipinski definition) is 3. The largest absolute Gasteiger partial charge is 1.00 e. The van der Waals surface area contributed by atoms with Gasteiger partial charge in [0.1, 0.15) is 0 Å². The van der Waals surface area contributed by atoms with Gasteiger partial charge in [0.05, 0.1) is 0 Å². The molecular weight excluding hydrogens is 191 g/mol. The summed E-state index contributed by atoms with van der Waals surface area (Å²) >= 11 is 0. The van der Waals surface area contributed by atoms with E-state index in [1.165, 1.54) is 0 Å². The van der Waals surface area contributed by atoms with E-state index in [4.69, 9.17) is 20.4 Å². The van der Waals surface area contributed by atoms with E-state index in [1.807, 2.05) is 0 Å². The Morgan fingerprint density at radius 3 is 1.38 bits per heavy atom. The molecule has 0 aliphatic carbocycles. The van der Waals surface area contributed by atoms with E-state index in [1.54, 1.807) is 0 Å². The number of carbonyl (C=O) groups is 1. The quantitative estimate of drug-likeness (QED) is 0.205. The van der Waals surface area contributed by atoms with E-state index in [0.717, 1.165) is 6.92 Å². The van der Waals surface area contributed by atoms with Gasteiger partial charge in [0, 0.05) is 6.92 Å². The standard InChI is InChI=1S/C2H4O2.BrH.Na.H2O2/c1-2(3)4;;;1-2/h1H3,(H,3,4);1H;;1-2H/q;;+1;/p-1. The number of carboxylic acids is 1. The van der Waals surface area contributed by atoms with E-state index >= 15 is 0 Å². The van der Waals surface area contributed by atoms with Gasteiger partial charge < -0.3 is 22.1 Å².